The van der Waals surface area contributed by atoms with E-state index in [0.29, 0.717) is 16.5 Å². The quantitative estimate of drug-likeness (QED) is 0.411. The number of furan rings is 1. The van der Waals surface area contributed by atoms with E-state index in [1.807, 2.05) is 24.3 Å². The summed E-state index contributed by atoms with van der Waals surface area (Å²) in [6.45, 7) is 0.111. The van der Waals surface area contributed by atoms with Crippen LogP contribution in [0.25, 0.3) is 21.0 Å². The minimum atomic E-state index is -0.511. The van der Waals surface area contributed by atoms with Crippen LogP contribution >= 0.6 is 11.3 Å². The van der Waals surface area contributed by atoms with Crippen molar-refractivity contribution >= 4 is 45.0 Å². The van der Waals surface area contributed by atoms with Crippen LogP contribution in [0.1, 0.15) is 27.3 Å². The van der Waals surface area contributed by atoms with Gasteiger partial charge < -0.3 is 20.8 Å². The zero-order valence-corrected chi connectivity index (χ0v) is 17.1. The molecule has 8 nitrogen and oxygen atoms in total. The molecule has 0 aliphatic carbocycles. The molecule has 0 aliphatic heterocycles. The molecule has 0 radical (unpaired) electrons. The average Bonchev–Trinajstić information content (AvgIpc) is 3.41. The van der Waals surface area contributed by atoms with E-state index in [0.717, 1.165) is 10.2 Å². The third kappa shape index (κ3) is 4.62. The maximum atomic E-state index is 12.7. The first kappa shape index (κ1) is 20.3. The zero-order chi connectivity index (χ0) is 21.8. The number of carbonyl (C=O) groups is 3. The Morgan fingerprint density at radius 1 is 0.968 bits per heavy atom. The predicted octanol–water partition coefficient (Wildman–Crippen LogP) is 3.41. The number of hydrogen-bond donors (Lipinski definition) is 3. The number of nitrogens with one attached hydrogen (secondary N) is 2. The number of anilines is 1. The van der Waals surface area contributed by atoms with Gasteiger partial charge in [-0.15, -0.1) is 11.3 Å². The fraction of sp³-hybridized carbons (Fsp3) is 0.0909. The number of amides is 3. The molecule has 2 aromatic carbocycles. The van der Waals surface area contributed by atoms with Gasteiger partial charge in [0.15, 0.2) is 16.5 Å². The van der Waals surface area contributed by atoms with Crippen LogP contribution in [0.3, 0.4) is 0 Å². The highest BCUT2D eigenvalue weighted by Gasteiger charge is 2.18. The van der Waals surface area contributed by atoms with Gasteiger partial charge in [-0.1, -0.05) is 24.3 Å². The Kier molecular flexibility index (Phi) is 5.76. The van der Waals surface area contributed by atoms with Crippen molar-refractivity contribution in [1.82, 2.24) is 10.3 Å². The number of primary amides is 1. The molecule has 0 unspecified atom stereocenters. The standard InChI is InChI=1S/C22H18N4O4S/c23-19(27)11-12-24-20(28)13-5-1-2-6-14(13)25-21(29)16-9-10-17(30-16)22-26-15-7-3-4-8-18(15)31-22/h1-10H,11-12H2,(H2,23,27)(H,24,28)(H,25,29). The number of thiazole rings is 1. The summed E-state index contributed by atoms with van der Waals surface area (Å²) in [6, 6.07) is 17.5. The van der Waals surface area contributed by atoms with Crippen LogP contribution in [0.4, 0.5) is 5.69 Å². The average molecular weight is 434 g/mol. The van der Waals surface area contributed by atoms with E-state index >= 15 is 0 Å². The predicted molar refractivity (Wildman–Crippen MR) is 118 cm³/mol. The smallest absolute Gasteiger partial charge is 0.291 e. The summed E-state index contributed by atoms with van der Waals surface area (Å²) in [7, 11) is 0. The number of carbonyl (C=O) groups excluding carboxylic acids is 3. The summed E-state index contributed by atoms with van der Waals surface area (Å²) < 4.78 is 6.73. The molecule has 156 valence electrons. The number of para-hydroxylation sites is 2. The fourth-order valence-electron chi connectivity index (χ4n) is 2.92. The van der Waals surface area contributed by atoms with Crippen LogP contribution in [-0.4, -0.2) is 29.3 Å². The van der Waals surface area contributed by atoms with Gasteiger partial charge in [0.2, 0.25) is 5.91 Å². The summed E-state index contributed by atoms with van der Waals surface area (Å²) in [5, 5.41) is 5.97. The van der Waals surface area contributed by atoms with Crippen LogP contribution in [0.5, 0.6) is 0 Å². The Balaban J connectivity index is 1.49. The molecule has 4 N–H and O–H groups in total. The Bertz CT molecular complexity index is 1240. The van der Waals surface area contributed by atoms with E-state index in [9.17, 15) is 14.4 Å². The lowest BCUT2D eigenvalue weighted by Gasteiger charge is -2.10. The SMILES string of the molecule is NC(=O)CCNC(=O)c1ccccc1NC(=O)c1ccc(-c2nc3ccccc3s2)o1. The first-order chi connectivity index (χ1) is 15.0. The topological polar surface area (TPSA) is 127 Å². The lowest BCUT2D eigenvalue weighted by molar-refractivity contribution is -0.117. The second-order valence-corrected chi connectivity index (χ2v) is 7.65. The summed E-state index contributed by atoms with van der Waals surface area (Å²) in [6.07, 6.45) is 0.0290. The number of rotatable bonds is 7. The Morgan fingerprint density at radius 2 is 1.74 bits per heavy atom. The number of aromatic nitrogens is 1. The molecule has 31 heavy (non-hydrogen) atoms. The van der Waals surface area contributed by atoms with Crippen molar-refractivity contribution in [3.63, 3.8) is 0 Å². The number of fused-ring (bicyclic) bond motifs is 1. The first-order valence-electron chi connectivity index (χ1n) is 9.44. The third-order valence-electron chi connectivity index (χ3n) is 4.41. The molecule has 0 aliphatic rings. The van der Waals surface area contributed by atoms with E-state index in [2.05, 4.69) is 15.6 Å². The number of nitrogens with zero attached hydrogens (tertiary/aromatic N) is 1. The highest BCUT2D eigenvalue weighted by molar-refractivity contribution is 7.21. The first-order valence-corrected chi connectivity index (χ1v) is 10.3. The molecule has 4 aromatic rings. The number of benzene rings is 2. The van der Waals surface area contributed by atoms with Crippen LogP contribution in [0.2, 0.25) is 0 Å². The van der Waals surface area contributed by atoms with Crippen LogP contribution < -0.4 is 16.4 Å². The van der Waals surface area contributed by atoms with Gasteiger partial charge in [0.25, 0.3) is 11.8 Å². The Hall–Kier alpha value is -3.98. The Labute approximate surface area is 181 Å². The minimum absolute atomic E-state index is 0.0290. The molecule has 0 fully saturated rings. The van der Waals surface area contributed by atoms with Crippen LogP contribution in [0, 0.1) is 0 Å². The van der Waals surface area contributed by atoms with Gasteiger partial charge in [-0.2, -0.15) is 0 Å². The third-order valence-corrected chi connectivity index (χ3v) is 5.46. The Morgan fingerprint density at radius 3 is 2.55 bits per heavy atom. The van der Waals surface area contributed by atoms with Crippen molar-refractivity contribution in [1.29, 1.82) is 0 Å². The molecule has 9 heteroatoms. The fourth-order valence-corrected chi connectivity index (χ4v) is 3.85. The van der Waals surface area contributed by atoms with Crippen molar-refractivity contribution in [3.8, 4) is 10.8 Å². The molecule has 0 atom stereocenters. The summed E-state index contributed by atoms with van der Waals surface area (Å²) in [4.78, 5) is 40.5. The molecule has 0 spiro atoms. The lowest BCUT2D eigenvalue weighted by atomic mass is 10.1. The van der Waals surface area contributed by atoms with Crippen molar-refractivity contribution in [3.05, 3.63) is 72.0 Å². The number of hydrogen-bond acceptors (Lipinski definition) is 6. The van der Waals surface area contributed by atoms with Crippen molar-refractivity contribution in [2.45, 2.75) is 6.42 Å². The summed E-state index contributed by atoms with van der Waals surface area (Å²) in [5.41, 5.74) is 6.53. The maximum absolute atomic E-state index is 12.7. The van der Waals surface area contributed by atoms with E-state index in [-0.39, 0.29) is 24.3 Å². The van der Waals surface area contributed by atoms with Gasteiger partial charge in [-0.3, -0.25) is 14.4 Å². The molecule has 4 rings (SSSR count). The van der Waals surface area contributed by atoms with Crippen molar-refractivity contribution in [2.75, 3.05) is 11.9 Å². The van der Waals surface area contributed by atoms with Gasteiger partial charge in [0, 0.05) is 13.0 Å². The molecule has 0 saturated carbocycles. The van der Waals surface area contributed by atoms with Gasteiger partial charge in [0.05, 0.1) is 21.5 Å². The molecule has 0 bridgehead atoms. The lowest BCUT2D eigenvalue weighted by Crippen LogP contribution is -2.28. The van der Waals surface area contributed by atoms with Crippen LogP contribution in [0.15, 0.2) is 65.1 Å². The van der Waals surface area contributed by atoms with E-state index in [1.54, 1.807) is 36.4 Å². The minimum Gasteiger partial charge on any atom is -0.448 e. The van der Waals surface area contributed by atoms with E-state index in [4.69, 9.17) is 10.2 Å². The maximum Gasteiger partial charge on any atom is 0.291 e. The summed E-state index contributed by atoms with van der Waals surface area (Å²) in [5.74, 6) is -0.845. The molecular formula is C22H18N4O4S. The van der Waals surface area contributed by atoms with Crippen LogP contribution in [-0.2, 0) is 4.79 Å². The van der Waals surface area contributed by atoms with Crippen molar-refractivity contribution in [2.24, 2.45) is 5.73 Å². The largest absolute Gasteiger partial charge is 0.448 e. The van der Waals surface area contributed by atoms with Crippen molar-refractivity contribution < 1.29 is 18.8 Å². The normalized spacial score (nSPS) is 10.7. The monoisotopic (exact) mass is 434 g/mol. The molecule has 2 heterocycles. The summed E-state index contributed by atoms with van der Waals surface area (Å²) >= 11 is 1.47. The van der Waals surface area contributed by atoms with Gasteiger partial charge >= 0.3 is 0 Å². The second-order valence-electron chi connectivity index (χ2n) is 6.62. The van der Waals surface area contributed by atoms with E-state index < -0.39 is 17.7 Å². The zero-order valence-electron chi connectivity index (χ0n) is 16.3. The van der Waals surface area contributed by atoms with Gasteiger partial charge in [-0.05, 0) is 36.4 Å². The molecule has 3 amide bonds. The molecule has 0 saturated heterocycles. The van der Waals surface area contributed by atoms with E-state index in [1.165, 1.54) is 11.3 Å². The van der Waals surface area contributed by atoms with Gasteiger partial charge in [0.1, 0.15) is 0 Å². The number of nitrogens with two attached hydrogens (primary N) is 1. The van der Waals surface area contributed by atoms with Gasteiger partial charge in [-0.25, -0.2) is 4.98 Å². The highest BCUT2D eigenvalue weighted by atomic mass is 32.1. The second kappa shape index (κ2) is 8.80. The molecule has 2 aromatic heterocycles. The highest BCUT2D eigenvalue weighted by Crippen LogP contribution is 2.31. The molecular weight excluding hydrogens is 416 g/mol.